The van der Waals surface area contributed by atoms with Crippen molar-refractivity contribution in [1.29, 1.82) is 0 Å². The topological polar surface area (TPSA) is 63.2 Å². The number of nitrogens with one attached hydrogen (secondary N) is 1. The zero-order valence-electron chi connectivity index (χ0n) is 8.86. The van der Waals surface area contributed by atoms with Gasteiger partial charge in [-0.25, -0.2) is 13.1 Å². The van der Waals surface area contributed by atoms with Gasteiger partial charge in [-0.05, 0) is 27.4 Å². The Labute approximate surface area is 107 Å². The summed E-state index contributed by atoms with van der Waals surface area (Å²) < 4.78 is 26.5. The highest BCUT2D eigenvalue weighted by atomic mass is 79.9. The maximum atomic E-state index is 11.8. The fourth-order valence-electron chi connectivity index (χ4n) is 0.907. The molecule has 4 nitrogen and oxygen atoms in total. The third-order valence-corrected chi connectivity index (χ3v) is 5.98. The normalized spacial score (nSPS) is 12.0. The van der Waals surface area contributed by atoms with Crippen LogP contribution in [-0.4, -0.2) is 20.7 Å². The molecule has 1 heterocycles. The standard InChI is InChI=1S/C9H12BrNO3S2/c1-6(2)8(12)5-11-16(13,14)9-7(10)3-4-15-9/h3-4,6,11H,5H2,1-2H3. The summed E-state index contributed by atoms with van der Waals surface area (Å²) in [7, 11) is -3.58. The third-order valence-electron chi connectivity index (χ3n) is 1.91. The van der Waals surface area contributed by atoms with Gasteiger partial charge in [-0.1, -0.05) is 13.8 Å². The Balaban J connectivity index is 2.75. The average Bonchev–Trinajstić information content (AvgIpc) is 2.61. The van der Waals surface area contributed by atoms with E-state index in [0.29, 0.717) is 4.47 Å². The Morgan fingerprint density at radius 1 is 1.56 bits per heavy atom. The lowest BCUT2D eigenvalue weighted by Crippen LogP contribution is -2.31. The lowest BCUT2D eigenvalue weighted by atomic mass is 10.1. The minimum absolute atomic E-state index is 0.128. The number of rotatable bonds is 5. The van der Waals surface area contributed by atoms with Crippen molar-refractivity contribution in [1.82, 2.24) is 4.72 Å². The van der Waals surface area contributed by atoms with Crippen molar-refractivity contribution in [2.45, 2.75) is 18.1 Å². The van der Waals surface area contributed by atoms with Crippen molar-refractivity contribution in [3.63, 3.8) is 0 Å². The van der Waals surface area contributed by atoms with Crippen LogP contribution in [0, 0.1) is 5.92 Å². The molecule has 0 aromatic carbocycles. The van der Waals surface area contributed by atoms with Crippen LogP contribution in [0.5, 0.6) is 0 Å². The van der Waals surface area contributed by atoms with E-state index in [2.05, 4.69) is 20.7 Å². The summed E-state index contributed by atoms with van der Waals surface area (Å²) >= 11 is 4.25. The summed E-state index contributed by atoms with van der Waals surface area (Å²) in [6.45, 7) is 3.31. The molecule has 0 spiro atoms. The molecule has 90 valence electrons. The maximum Gasteiger partial charge on any atom is 0.251 e. The highest BCUT2D eigenvalue weighted by Crippen LogP contribution is 2.27. The molecule has 1 N–H and O–H groups in total. The molecule has 1 aromatic rings. The molecule has 0 saturated heterocycles. The summed E-state index contributed by atoms with van der Waals surface area (Å²) in [5.41, 5.74) is 0. The van der Waals surface area contributed by atoms with Gasteiger partial charge in [0.25, 0.3) is 10.0 Å². The number of hydrogen-bond acceptors (Lipinski definition) is 4. The Hall–Kier alpha value is -0.240. The number of carbonyl (C=O) groups is 1. The van der Waals surface area contributed by atoms with Gasteiger partial charge in [-0.3, -0.25) is 4.79 Å². The number of halogens is 1. The predicted octanol–water partition coefficient (Wildman–Crippen LogP) is 2.01. The van der Waals surface area contributed by atoms with Crippen LogP contribution in [0.4, 0.5) is 0 Å². The molecule has 0 atom stereocenters. The molecule has 0 fully saturated rings. The first-order valence-electron chi connectivity index (χ1n) is 4.60. The van der Waals surface area contributed by atoms with Crippen molar-refractivity contribution >= 4 is 43.1 Å². The van der Waals surface area contributed by atoms with Crippen molar-refractivity contribution in [3.8, 4) is 0 Å². The summed E-state index contributed by atoms with van der Waals surface area (Å²) in [5.74, 6) is -0.300. The van der Waals surface area contributed by atoms with Crippen LogP contribution in [0.2, 0.25) is 0 Å². The zero-order chi connectivity index (χ0) is 12.3. The summed E-state index contributed by atoms with van der Waals surface area (Å²) in [6.07, 6.45) is 0. The van der Waals surface area contributed by atoms with E-state index in [-0.39, 0.29) is 22.5 Å². The van der Waals surface area contributed by atoms with Crippen LogP contribution >= 0.6 is 27.3 Å². The van der Waals surface area contributed by atoms with E-state index < -0.39 is 10.0 Å². The van der Waals surface area contributed by atoms with Crippen LogP contribution in [0.25, 0.3) is 0 Å². The van der Waals surface area contributed by atoms with Crippen LogP contribution in [0.1, 0.15) is 13.8 Å². The van der Waals surface area contributed by atoms with E-state index in [0.717, 1.165) is 11.3 Å². The maximum absolute atomic E-state index is 11.8. The average molecular weight is 326 g/mol. The summed E-state index contributed by atoms with van der Waals surface area (Å²) in [4.78, 5) is 11.3. The van der Waals surface area contributed by atoms with Gasteiger partial charge < -0.3 is 0 Å². The van der Waals surface area contributed by atoms with E-state index in [4.69, 9.17) is 0 Å². The Kier molecular flexibility index (Phi) is 4.66. The highest BCUT2D eigenvalue weighted by molar-refractivity contribution is 9.10. The van der Waals surface area contributed by atoms with E-state index in [9.17, 15) is 13.2 Å². The Bertz CT molecular complexity index is 479. The molecule has 16 heavy (non-hydrogen) atoms. The minimum atomic E-state index is -3.58. The fourth-order valence-corrected chi connectivity index (χ4v) is 4.28. The van der Waals surface area contributed by atoms with Crippen molar-refractivity contribution in [2.24, 2.45) is 5.92 Å². The van der Waals surface area contributed by atoms with Gasteiger partial charge >= 0.3 is 0 Å². The largest absolute Gasteiger partial charge is 0.298 e. The number of sulfonamides is 1. The molecule has 0 radical (unpaired) electrons. The Morgan fingerprint density at radius 2 is 2.19 bits per heavy atom. The molecule has 0 amide bonds. The smallest absolute Gasteiger partial charge is 0.251 e. The molecule has 7 heteroatoms. The van der Waals surface area contributed by atoms with Gasteiger partial charge in [0.05, 0.1) is 6.54 Å². The van der Waals surface area contributed by atoms with Crippen molar-refractivity contribution in [3.05, 3.63) is 15.9 Å². The monoisotopic (exact) mass is 325 g/mol. The number of carbonyl (C=O) groups excluding carboxylic acids is 1. The Morgan fingerprint density at radius 3 is 2.62 bits per heavy atom. The molecular weight excluding hydrogens is 314 g/mol. The molecule has 0 aliphatic rings. The quantitative estimate of drug-likeness (QED) is 0.900. The number of ketones is 1. The molecule has 0 aliphatic carbocycles. The molecule has 1 rings (SSSR count). The third kappa shape index (κ3) is 3.38. The first-order valence-corrected chi connectivity index (χ1v) is 7.75. The van der Waals surface area contributed by atoms with Crippen LogP contribution in [0.3, 0.4) is 0 Å². The van der Waals surface area contributed by atoms with Gasteiger partial charge in [0.1, 0.15) is 9.99 Å². The molecular formula is C9H12BrNO3S2. The number of hydrogen-bond donors (Lipinski definition) is 1. The molecule has 0 bridgehead atoms. The lowest BCUT2D eigenvalue weighted by molar-refractivity contribution is -0.120. The molecule has 0 unspecified atom stereocenters. The van der Waals surface area contributed by atoms with E-state index in [1.165, 1.54) is 0 Å². The summed E-state index contributed by atoms with van der Waals surface area (Å²) in [6, 6.07) is 1.66. The SMILES string of the molecule is CC(C)C(=O)CNS(=O)(=O)c1sccc1Br. The van der Waals surface area contributed by atoms with Gasteiger partial charge in [0.2, 0.25) is 0 Å². The number of thiophene rings is 1. The molecule has 1 aromatic heterocycles. The second kappa shape index (κ2) is 5.39. The lowest BCUT2D eigenvalue weighted by Gasteiger charge is -2.06. The molecule has 0 aliphatic heterocycles. The van der Waals surface area contributed by atoms with Gasteiger partial charge in [0.15, 0.2) is 0 Å². The first kappa shape index (κ1) is 13.8. The second-order valence-corrected chi connectivity index (χ2v) is 7.23. The van der Waals surface area contributed by atoms with Gasteiger partial charge in [-0.2, -0.15) is 0 Å². The van der Waals surface area contributed by atoms with Gasteiger partial charge in [-0.15, -0.1) is 11.3 Å². The predicted molar refractivity (Wildman–Crippen MR) is 67.1 cm³/mol. The molecule has 0 saturated carbocycles. The summed E-state index contributed by atoms with van der Waals surface area (Å²) in [5, 5.41) is 1.67. The van der Waals surface area contributed by atoms with E-state index in [1.807, 2.05) is 0 Å². The van der Waals surface area contributed by atoms with E-state index in [1.54, 1.807) is 25.3 Å². The van der Waals surface area contributed by atoms with Crippen molar-refractivity contribution < 1.29 is 13.2 Å². The van der Waals surface area contributed by atoms with Crippen molar-refractivity contribution in [2.75, 3.05) is 6.54 Å². The van der Waals surface area contributed by atoms with Crippen LogP contribution in [-0.2, 0) is 14.8 Å². The number of Topliss-reactive ketones (excluding diaryl/α,β-unsaturated/α-hetero) is 1. The van der Waals surface area contributed by atoms with Crippen LogP contribution < -0.4 is 4.72 Å². The first-order chi connectivity index (χ1) is 7.34. The fraction of sp³-hybridized carbons (Fsp3) is 0.444. The van der Waals surface area contributed by atoms with Gasteiger partial charge in [0, 0.05) is 10.4 Å². The van der Waals surface area contributed by atoms with E-state index >= 15 is 0 Å². The zero-order valence-corrected chi connectivity index (χ0v) is 12.1. The highest BCUT2D eigenvalue weighted by Gasteiger charge is 2.20. The van der Waals surface area contributed by atoms with Crippen LogP contribution in [0.15, 0.2) is 20.1 Å². The minimum Gasteiger partial charge on any atom is -0.298 e. The second-order valence-electron chi connectivity index (χ2n) is 3.50.